The Hall–Kier alpha value is -2.11. The highest BCUT2D eigenvalue weighted by Gasteiger charge is 2.38. The lowest BCUT2D eigenvalue weighted by atomic mass is 9.99. The molecule has 2 aliphatic rings. The van der Waals surface area contributed by atoms with Crippen LogP contribution < -0.4 is 0 Å². The number of Topliss-reactive ketones (excluding diaryl/α,β-unsaturated/α-hetero) is 1. The minimum atomic E-state index is -0.480. The molecule has 2 heterocycles. The molecular weight excluding hydrogens is 288 g/mol. The molecule has 2 aromatic rings. The molecule has 0 N–H and O–H groups in total. The van der Waals surface area contributed by atoms with Gasteiger partial charge in [-0.25, -0.2) is 18.4 Å². The van der Waals surface area contributed by atoms with Crippen LogP contribution in [0, 0.1) is 17.6 Å². The van der Waals surface area contributed by atoms with Gasteiger partial charge in [-0.05, 0) is 37.5 Å². The van der Waals surface area contributed by atoms with Gasteiger partial charge in [-0.15, -0.1) is 5.10 Å². The lowest BCUT2D eigenvalue weighted by Crippen LogP contribution is -2.12. The first-order valence-electron chi connectivity index (χ1n) is 7.50. The molecule has 1 fully saturated rings. The van der Waals surface area contributed by atoms with E-state index >= 15 is 0 Å². The van der Waals surface area contributed by atoms with Gasteiger partial charge in [0.15, 0.2) is 0 Å². The van der Waals surface area contributed by atoms with Gasteiger partial charge < -0.3 is 0 Å². The van der Waals surface area contributed by atoms with E-state index in [-0.39, 0.29) is 29.0 Å². The largest absolute Gasteiger partial charge is 0.290 e. The fourth-order valence-corrected chi connectivity index (χ4v) is 3.10. The maximum Gasteiger partial charge on any atom is 0.217 e. The zero-order chi connectivity index (χ0) is 15.4. The maximum atomic E-state index is 14.1. The SMILES string of the molecule is C[C@H]1C[C@@H](c2cc(F)ccc2F)n2nc(C(=O)C3CC3)nc21. The minimum absolute atomic E-state index is 0.0347. The predicted molar refractivity (Wildman–Crippen MR) is 74.6 cm³/mol. The van der Waals surface area contributed by atoms with Crippen LogP contribution in [0.4, 0.5) is 8.78 Å². The molecule has 1 aliphatic heterocycles. The molecule has 114 valence electrons. The molecular formula is C16H15F2N3O. The van der Waals surface area contributed by atoms with Crippen molar-refractivity contribution in [2.45, 2.75) is 38.1 Å². The highest BCUT2D eigenvalue weighted by molar-refractivity contribution is 5.95. The summed E-state index contributed by atoms with van der Waals surface area (Å²) >= 11 is 0. The van der Waals surface area contributed by atoms with Gasteiger partial charge >= 0.3 is 0 Å². The first-order chi connectivity index (χ1) is 10.5. The molecule has 1 aromatic carbocycles. The van der Waals surface area contributed by atoms with E-state index in [2.05, 4.69) is 10.1 Å². The summed E-state index contributed by atoms with van der Waals surface area (Å²) in [6.45, 7) is 1.96. The molecule has 2 atom stereocenters. The third-order valence-corrected chi connectivity index (χ3v) is 4.46. The second kappa shape index (κ2) is 4.69. The van der Waals surface area contributed by atoms with Crippen LogP contribution in [0.3, 0.4) is 0 Å². The van der Waals surface area contributed by atoms with E-state index in [1.807, 2.05) is 6.92 Å². The van der Waals surface area contributed by atoms with Crippen LogP contribution in [-0.2, 0) is 0 Å². The molecule has 0 amide bonds. The molecule has 1 aliphatic carbocycles. The van der Waals surface area contributed by atoms with E-state index in [0.717, 1.165) is 25.0 Å². The zero-order valence-electron chi connectivity index (χ0n) is 12.1. The van der Waals surface area contributed by atoms with Crippen LogP contribution in [0.15, 0.2) is 18.2 Å². The van der Waals surface area contributed by atoms with Gasteiger partial charge in [0.1, 0.15) is 17.5 Å². The van der Waals surface area contributed by atoms with Crippen LogP contribution in [0.2, 0.25) is 0 Å². The summed E-state index contributed by atoms with van der Waals surface area (Å²) in [6.07, 6.45) is 2.38. The number of aromatic nitrogens is 3. The second-order valence-electron chi connectivity index (χ2n) is 6.20. The molecule has 1 aromatic heterocycles. The van der Waals surface area contributed by atoms with Crippen LogP contribution in [0.1, 0.15) is 60.2 Å². The molecule has 1 saturated carbocycles. The number of halogens is 2. The Kier molecular flexibility index (Phi) is 2.89. The molecule has 22 heavy (non-hydrogen) atoms. The van der Waals surface area contributed by atoms with Crippen molar-refractivity contribution >= 4 is 5.78 Å². The van der Waals surface area contributed by atoms with Crippen LogP contribution in [0.25, 0.3) is 0 Å². The van der Waals surface area contributed by atoms with Crippen LogP contribution >= 0.6 is 0 Å². The van der Waals surface area contributed by atoms with E-state index in [1.54, 1.807) is 4.68 Å². The maximum absolute atomic E-state index is 14.1. The molecule has 0 unspecified atom stereocenters. The summed E-state index contributed by atoms with van der Waals surface area (Å²) in [4.78, 5) is 16.5. The van der Waals surface area contributed by atoms with Gasteiger partial charge in [0, 0.05) is 17.4 Å². The van der Waals surface area contributed by atoms with Gasteiger partial charge in [0.2, 0.25) is 11.6 Å². The van der Waals surface area contributed by atoms with Crippen molar-refractivity contribution in [1.29, 1.82) is 0 Å². The molecule has 0 bridgehead atoms. The Bertz CT molecular complexity index is 767. The van der Waals surface area contributed by atoms with Gasteiger partial charge in [-0.2, -0.15) is 0 Å². The smallest absolute Gasteiger partial charge is 0.217 e. The quantitative estimate of drug-likeness (QED) is 0.818. The van der Waals surface area contributed by atoms with E-state index < -0.39 is 17.7 Å². The lowest BCUT2D eigenvalue weighted by molar-refractivity contribution is 0.0956. The van der Waals surface area contributed by atoms with Crippen molar-refractivity contribution in [2.75, 3.05) is 0 Å². The normalized spacial score (nSPS) is 23.6. The van der Waals surface area contributed by atoms with Crippen molar-refractivity contribution in [3.8, 4) is 0 Å². The van der Waals surface area contributed by atoms with Crippen molar-refractivity contribution in [3.05, 3.63) is 47.0 Å². The van der Waals surface area contributed by atoms with Gasteiger partial charge in [0.05, 0.1) is 6.04 Å². The molecule has 0 saturated heterocycles. The summed E-state index contributed by atoms with van der Waals surface area (Å²) < 4.78 is 29.1. The van der Waals surface area contributed by atoms with Gasteiger partial charge in [-0.3, -0.25) is 4.79 Å². The second-order valence-corrected chi connectivity index (χ2v) is 6.20. The Morgan fingerprint density at radius 2 is 2.09 bits per heavy atom. The number of carbonyl (C=O) groups is 1. The average Bonchev–Trinajstić information content (AvgIpc) is 3.17. The van der Waals surface area contributed by atoms with Crippen molar-refractivity contribution in [2.24, 2.45) is 5.92 Å². The van der Waals surface area contributed by atoms with E-state index in [4.69, 9.17) is 0 Å². The molecule has 6 heteroatoms. The molecule has 4 rings (SSSR count). The fourth-order valence-electron chi connectivity index (χ4n) is 3.10. The number of hydrogen-bond acceptors (Lipinski definition) is 3. The highest BCUT2D eigenvalue weighted by atomic mass is 19.1. The van der Waals surface area contributed by atoms with E-state index in [9.17, 15) is 13.6 Å². The van der Waals surface area contributed by atoms with E-state index in [1.165, 1.54) is 6.07 Å². The first kappa shape index (κ1) is 13.5. The topological polar surface area (TPSA) is 47.8 Å². The van der Waals surface area contributed by atoms with Gasteiger partial charge in [0.25, 0.3) is 0 Å². The zero-order valence-corrected chi connectivity index (χ0v) is 12.1. The van der Waals surface area contributed by atoms with E-state index in [0.29, 0.717) is 12.2 Å². The fraction of sp³-hybridized carbons (Fsp3) is 0.438. The molecule has 0 spiro atoms. The summed E-state index contributed by atoms with van der Waals surface area (Å²) in [6, 6.07) is 3.02. The summed E-state index contributed by atoms with van der Waals surface area (Å²) in [5, 5.41) is 4.30. The number of fused-ring (bicyclic) bond motifs is 1. The average molecular weight is 303 g/mol. The number of ketones is 1. The van der Waals surface area contributed by atoms with Crippen molar-refractivity contribution in [3.63, 3.8) is 0 Å². The third kappa shape index (κ3) is 2.05. The lowest BCUT2D eigenvalue weighted by Gasteiger charge is -2.13. The first-order valence-corrected chi connectivity index (χ1v) is 7.50. The summed E-state index contributed by atoms with van der Waals surface area (Å²) in [5.41, 5.74) is 0.265. The minimum Gasteiger partial charge on any atom is -0.290 e. The Morgan fingerprint density at radius 3 is 2.82 bits per heavy atom. The molecule has 4 nitrogen and oxygen atoms in total. The third-order valence-electron chi connectivity index (χ3n) is 4.46. The van der Waals surface area contributed by atoms with Crippen LogP contribution in [-0.4, -0.2) is 20.5 Å². The predicted octanol–water partition coefficient (Wildman–Crippen LogP) is 3.25. The van der Waals surface area contributed by atoms with Gasteiger partial charge in [-0.1, -0.05) is 6.92 Å². The van der Waals surface area contributed by atoms with Crippen molar-refractivity contribution < 1.29 is 13.6 Å². The number of benzene rings is 1. The molecule has 0 radical (unpaired) electrons. The summed E-state index contributed by atoms with van der Waals surface area (Å²) in [5.74, 6) is 0.0173. The number of rotatable bonds is 3. The van der Waals surface area contributed by atoms with Crippen molar-refractivity contribution in [1.82, 2.24) is 14.8 Å². The number of carbonyl (C=O) groups excluding carboxylic acids is 1. The monoisotopic (exact) mass is 303 g/mol. The number of hydrogen-bond donors (Lipinski definition) is 0. The number of nitrogens with zero attached hydrogens (tertiary/aromatic N) is 3. The standard InChI is InChI=1S/C16H15F2N3O/c1-8-6-13(11-7-10(17)4-5-12(11)18)21-16(8)19-15(20-21)14(22)9-2-3-9/h4-5,7-9,13H,2-3,6H2,1H3/t8-,13-/m0/s1. The highest BCUT2D eigenvalue weighted by Crippen LogP contribution is 2.40. The Labute approximate surface area is 126 Å². The Morgan fingerprint density at radius 1 is 1.32 bits per heavy atom. The summed E-state index contributed by atoms with van der Waals surface area (Å²) in [7, 11) is 0. The van der Waals surface area contributed by atoms with Crippen LogP contribution in [0.5, 0.6) is 0 Å². The Balaban J connectivity index is 1.76.